The molecule has 2 heterocycles. The fraction of sp³-hybridized carbons (Fsp3) is 0.316. The van der Waals surface area contributed by atoms with Gasteiger partial charge in [0.2, 0.25) is 0 Å². The fourth-order valence-electron chi connectivity index (χ4n) is 2.45. The van der Waals surface area contributed by atoms with Crippen molar-refractivity contribution in [3.8, 4) is 11.6 Å². The first-order valence-corrected chi connectivity index (χ1v) is 9.37. The molecule has 0 spiro atoms. The Kier molecular flexibility index (Phi) is 5.71. The van der Waals surface area contributed by atoms with Gasteiger partial charge in [-0.15, -0.1) is 10.2 Å². The SMILES string of the molecule is CCCCn1c(SCC(=O)c2ccc(C)cc2)nnc1-c1ccco1. The van der Waals surface area contributed by atoms with Crippen LogP contribution in [0.1, 0.15) is 35.7 Å². The van der Waals surface area contributed by atoms with Crippen LogP contribution in [0.15, 0.2) is 52.2 Å². The highest BCUT2D eigenvalue weighted by molar-refractivity contribution is 7.99. The fourth-order valence-corrected chi connectivity index (χ4v) is 3.31. The summed E-state index contributed by atoms with van der Waals surface area (Å²) in [7, 11) is 0. The van der Waals surface area contributed by atoms with Gasteiger partial charge in [-0.1, -0.05) is 54.9 Å². The Morgan fingerprint density at radius 1 is 1.20 bits per heavy atom. The molecule has 1 aromatic carbocycles. The number of furan rings is 1. The van der Waals surface area contributed by atoms with Crippen molar-refractivity contribution in [1.29, 1.82) is 0 Å². The van der Waals surface area contributed by atoms with E-state index in [9.17, 15) is 4.79 Å². The van der Waals surface area contributed by atoms with Crippen LogP contribution in [0.4, 0.5) is 0 Å². The Morgan fingerprint density at radius 3 is 2.68 bits per heavy atom. The summed E-state index contributed by atoms with van der Waals surface area (Å²) in [5, 5.41) is 9.28. The van der Waals surface area contributed by atoms with E-state index < -0.39 is 0 Å². The molecule has 0 unspecified atom stereocenters. The van der Waals surface area contributed by atoms with E-state index >= 15 is 0 Å². The molecule has 0 saturated heterocycles. The predicted octanol–water partition coefficient (Wildman–Crippen LogP) is 4.62. The monoisotopic (exact) mass is 355 g/mol. The van der Waals surface area contributed by atoms with Crippen molar-refractivity contribution in [2.24, 2.45) is 0 Å². The zero-order valence-electron chi connectivity index (χ0n) is 14.4. The maximum absolute atomic E-state index is 12.4. The van der Waals surface area contributed by atoms with Crippen molar-refractivity contribution < 1.29 is 9.21 Å². The van der Waals surface area contributed by atoms with Gasteiger partial charge in [-0.05, 0) is 25.5 Å². The summed E-state index contributed by atoms with van der Waals surface area (Å²) in [5.41, 5.74) is 1.87. The summed E-state index contributed by atoms with van der Waals surface area (Å²) in [6, 6.07) is 11.4. The molecule has 25 heavy (non-hydrogen) atoms. The molecule has 3 aromatic rings. The summed E-state index contributed by atoms with van der Waals surface area (Å²) in [6.45, 7) is 4.96. The first kappa shape index (κ1) is 17.5. The highest BCUT2D eigenvalue weighted by Gasteiger charge is 2.17. The third-order valence-electron chi connectivity index (χ3n) is 3.90. The van der Waals surface area contributed by atoms with Gasteiger partial charge in [-0.2, -0.15) is 0 Å². The molecule has 0 fully saturated rings. The van der Waals surface area contributed by atoms with Gasteiger partial charge in [0.05, 0.1) is 12.0 Å². The molecule has 0 aliphatic rings. The highest BCUT2D eigenvalue weighted by Crippen LogP contribution is 2.25. The number of carbonyl (C=O) groups excluding carboxylic acids is 1. The summed E-state index contributed by atoms with van der Waals surface area (Å²) in [5.74, 6) is 1.84. The molecular formula is C19H21N3O2S. The molecule has 6 heteroatoms. The van der Waals surface area contributed by atoms with E-state index in [0.717, 1.165) is 35.7 Å². The first-order chi connectivity index (χ1) is 12.2. The minimum absolute atomic E-state index is 0.0922. The number of carbonyl (C=O) groups is 1. The van der Waals surface area contributed by atoms with E-state index in [1.807, 2.05) is 47.9 Å². The van der Waals surface area contributed by atoms with E-state index in [1.165, 1.54) is 11.8 Å². The number of Topliss-reactive ketones (excluding diaryl/α,β-unsaturated/α-hetero) is 1. The van der Waals surface area contributed by atoms with Crippen molar-refractivity contribution in [2.75, 3.05) is 5.75 Å². The Morgan fingerprint density at radius 2 is 2.00 bits per heavy atom. The van der Waals surface area contributed by atoms with E-state index in [1.54, 1.807) is 6.26 Å². The Balaban J connectivity index is 1.75. The van der Waals surface area contributed by atoms with Crippen LogP contribution in [-0.2, 0) is 6.54 Å². The van der Waals surface area contributed by atoms with E-state index in [2.05, 4.69) is 17.1 Å². The molecule has 0 N–H and O–H groups in total. The molecule has 2 aromatic heterocycles. The lowest BCUT2D eigenvalue weighted by atomic mass is 10.1. The molecule has 0 amide bonds. The Bertz CT molecular complexity index is 823. The number of hydrogen-bond acceptors (Lipinski definition) is 5. The smallest absolute Gasteiger partial charge is 0.200 e. The van der Waals surface area contributed by atoms with Crippen molar-refractivity contribution in [3.63, 3.8) is 0 Å². The summed E-state index contributed by atoms with van der Waals surface area (Å²) in [4.78, 5) is 12.4. The van der Waals surface area contributed by atoms with Gasteiger partial charge in [0.15, 0.2) is 22.5 Å². The van der Waals surface area contributed by atoms with Gasteiger partial charge in [0, 0.05) is 12.1 Å². The lowest BCUT2D eigenvalue weighted by Crippen LogP contribution is -2.06. The molecule has 0 aliphatic carbocycles. The van der Waals surface area contributed by atoms with Crippen LogP contribution in [0, 0.1) is 6.92 Å². The van der Waals surface area contributed by atoms with E-state index in [0.29, 0.717) is 17.3 Å². The number of nitrogens with zero attached hydrogens (tertiary/aromatic N) is 3. The van der Waals surface area contributed by atoms with Crippen LogP contribution in [0.2, 0.25) is 0 Å². The lowest BCUT2D eigenvalue weighted by Gasteiger charge is -2.08. The average Bonchev–Trinajstić information content (AvgIpc) is 3.27. The number of aromatic nitrogens is 3. The van der Waals surface area contributed by atoms with Crippen molar-refractivity contribution in [2.45, 2.75) is 38.4 Å². The molecular weight excluding hydrogens is 334 g/mol. The number of ketones is 1. The zero-order chi connectivity index (χ0) is 17.6. The Hall–Kier alpha value is -2.34. The molecule has 5 nitrogen and oxygen atoms in total. The van der Waals surface area contributed by atoms with E-state index in [-0.39, 0.29) is 5.78 Å². The summed E-state index contributed by atoms with van der Waals surface area (Å²) in [6.07, 6.45) is 3.72. The zero-order valence-corrected chi connectivity index (χ0v) is 15.3. The third kappa shape index (κ3) is 4.20. The molecule has 0 radical (unpaired) electrons. The topological polar surface area (TPSA) is 60.9 Å². The van der Waals surface area contributed by atoms with E-state index in [4.69, 9.17) is 4.42 Å². The maximum Gasteiger partial charge on any atom is 0.200 e. The van der Waals surface area contributed by atoms with Gasteiger partial charge in [0.25, 0.3) is 0 Å². The van der Waals surface area contributed by atoms with Gasteiger partial charge in [-0.25, -0.2) is 0 Å². The van der Waals surface area contributed by atoms with Gasteiger partial charge in [-0.3, -0.25) is 9.36 Å². The van der Waals surface area contributed by atoms with Crippen molar-refractivity contribution >= 4 is 17.5 Å². The second-order valence-electron chi connectivity index (χ2n) is 5.87. The molecule has 3 rings (SSSR count). The van der Waals surface area contributed by atoms with Crippen LogP contribution >= 0.6 is 11.8 Å². The molecule has 0 saturated carbocycles. The number of aryl methyl sites for hydroxylation is 1. The summed E-state index contributed by atoms with van der Waals surface area (Å²) >= 11 is 1.42. The minimum atomic E-state index is 0.0922. The molecule has 130 valence electrons. The lowest BCUT2D eigenvalue weighted by molar-refractivity contribution is 0.102. The number of unbranched alkanes of at least 4 members (excludes halogenated alkanes) is 1. The average molecular weight is 355 g/mol. The van der Waals surface area contributed by atoms with Gasteiger partial charge < -0.3 is 4.42 Å². The van der Waals surface area contributed by atoms with Gasteiger partial charge in [0.1, 0.15) is 0 Å². The normalized spacial score (nSPS) is 11.0. The number of benzene rings is 1. The van der Waals surface area contributed by atoms with Crippen LogP contribution in [0.3, 0.4) is 0 Å². The molecule has 0 atom stereocenters. The predicted molar refractivity (Wildman–Crippen MR) is 98.9 cm³/mol. The second kappa shape index (κ2) is 8.16. The van der Waals surface area contributed by atoms with Crippen molar-refractivity contribution in [3.05, 3.63) is 53.8 Å². The van der Waals surface area contributed by atoms with Crippen LogP contribution in [0.5, 0.6) is 0 Å². The van der Waals surface area contributed by atoms with Crippen LogP contribution in [-0.4, -0.2) is 26.3 Å². The summed E-state index contributed by atoms with van der Waals surface area (Å²) < 4.78 is 7.50. The Labute approximate surface area is 151 Å². The van der Waals surface area contributed by atoms with Crippen molar-refractivity contribution in [1.82, 2.24) is 14.8 Å². The second-order valence-corrected chi connectivity index (χ2v) is 6.81. The highest BCUT2D eigenvalue weighted by atomic mass is 32.2. The largest absolute Gasteiger partial charge is 0.461 e. The first-order valence-electron chi connectivity index (χ1n) is 8.38. The molecule has 0 bridgehead atoms. The quantitative estimate of drug-likeness (QED) is 0.436. The minimum Gasteiger partial charge on any atom is -0.461 e. The molecule has 0 aliphatic heterocycles. The van der Waals surface area contributed by atoms with Crippen LogP contribution in [0.25, 0.3) is 11.6 Å². The number of hydrogen-bond donors (Lipinski definition) is 0. The number of thioether (sulfide) groups is 1. The number of rotatable bonds is 8. The maximum atomic E-state index is 12.4. The van der Waals surface area contributed by atoms with Crippen LogP contribution < -0.4 is 0 Å². The van der Waals surface area contributed by atoms with Gasteiger partial charge >= 0.3 is 0 Å². The standard InChI is InChI=1S/C19H21N3O2S/c1-3-4-11-22-18(17-6-5-12-24-17)20-21-19(22)25-13-16(23)15-9-7-14(2)8-10-15/h5-10,12H,3-4,11,13H2,1-2H3. The third-order valence-corrected chi connectivity index (χ3v) is 4.87.